The van der Waals surface area contributed by atoms with E-state index >= 15 is 0 Å². The van der Waals surface area contributed by atoms with Gasteiger partial charge in [-0.15, -0.1) is 0 Å². The van der Waals surface area contributed by atoms with E-state index in [9.17, 15) is 10.5 Å². The molecule has 0 spiro atoms. The number of furan rings is 1. The van der Waals surface area contributed by atoms with Gasteiger partial charge >= 0.3 is 0 Å². The average molecular weight is 326 g/mol. The fraction of sp³-hybridized carbons (Fsp3) is 0.182. The van der Waals surface area contributed by atoms with Gasteiger partial charge < -0.3 is 4.42 Å². The summed E-state index contributed by atoms with van der Waals surface area (Å²) in [6.45, 7) is 7.79. The number of nitriles is 2. The van der Waals surface area contributed by atoms with E-state index in [2.05, 4.69) is 12.1 Å². The summed E-state index contributed by atoms with van der Waals surface area (Å²) in [5, 5.41) is 18.7. The van der Waals surface area contributed by atoms with Crippen molar-refractivity contribution in [3.63, 3.8) is 0 Å². The van der Waals surface area contributed by atoms with Crippen LogP contribution < -0.4 is 0 Å². The van der Waals surface area contributed by atoms with E-state index in [0.29, 0.717) is 11.1 Å². The Morgan fingerprint density at radius 3 is 1.44 bits per heavy atom. The van der Waals surface area contributed by atoms with Crippen molar-refractivity contribution in [3.05, 3.63) is 70.2 Å². The van der Waals surface area contributed by atoms with Crippen molar-refractivity contribution >= 4 is 0 Å². The molecule has 0 atom stereocenters. The molecule has 25 heavy (non-hydrogen) atoms. The summed E-state index contributed by atoms with van der Waals surface area (Å²) < 4.78 is 5.95. The molecule has 1 aromatic heterocycles. The Kier molecular flexibility index (Phi) is 4.17. The Bertz CT molecular complexity index is 975. The van der Waals surface area contributed by atoms with Crippen LogP contribution in [0.3, 0.4) is 0 Å². The zero-order valence-corrected chi connectivity index (χ0v) is 14.8. The highest BCUT2D eigenvalue weighted by atomic mass is 16.3. The van der Waals surface area contributed by atoms with E-state index in [-0.39, 0.29) is 0 Å². The molecule has 0 N–H and O–H groups in total. The molecule has 3 nitrogen and oxygen atoms in total. The zero-order chi connectivity index (χ0) is 18.1. The fourth-order valence-electron chi connectivity index (χ4n) is 3.39. The van der Waals surface area contributed by atoms with Gasteiger partial charge in [-0.2, -0.15) is 10.5 Å². The first-order chi connectivity index (χ1) is 12.0. The Labute approximate surface area is 147 Å². The molecule has 0 aliphatic carbocycles. The van der Waals surface area contributed by atoms with Gasteiger partial charge in [-0.05, 0) is 62.1 Å². The third-order valence-electron chi connectivity index (χ3n) is 4.71. The molecular weight excluding hydrogens is 308 g/mol. The molecule has 3 aromatic rings. The van der Waals surface area contributed by atoms with Gasteiger partial charge in [0.05, 0.1) is 23.3 Å². The molecule has 3 rings (SSSR count). The van der Waals surface area contributed by atoms with E-state index in [0.717, 1.165) is 44.9 Å². The second-order valence-corrected chi connectivity index (χ2v) is 6.14. The first-order valence-corrected chi connectivity index (χ1v) is 8.09. The topological polar surface area (TPSA) is 60.7 Å². The number of rotatable bonds is 2. The lowest BCUT2D eigenvalue weighted by Gasteiger charge is -2.12. The predicted molar refractivity (Wildman–Crippen MR) is 98.0 cm³/mol. The Morgan fingerprint density at radius 2 is 1.08 bits per heavy atom. The largest absolute Gasteiger partial charge is 0.465 e. The predicted octanol–water partition coefficient (Wildman–Crippen LogP) is 5.59. The first-order valence-electron chi connectivity index (χ1n) is 8.09. The molecule has 1 heterocycles. The summed E-state index contributed by atoms with van der Waals surface area (Å²) in [7, 11) is 0. The standard InChI is InChI=1S/C22H18N2O/c1-13-17(11-23)7-5-9-19(13)21-15(3)25-16(4)22(21)20-10-6-8-18(12-24)14(20)2/h5-10H,1-4H3. The lowest BCUT2D eigenvalue weighted by molar-refractivity contribution is 0.506. The smallest absolute Gasteiger partial charge is 0.109 e. The van der Waals surface area contributed by atoms with Crippen molar-refractivity contribution in [1.82, 2.24) is 0 Å². The highest BCUT2D eigenvalue weighted by Crippen LogP contribution is 2.42. The van der Waals surface area contributed by atoms with Crippen LogP contribution in [0.25, 0.3) is 22.3 Å². The summed E-state index contributed by atoms with van der Waals surface area (Å²) in [4.78, 5) is 0. The van der Waals surface area contributed by atoms with Crippen LogP contribution in [-0.4, -0.2) is 0 Å². The summed E-state index contributed by atoms with van der Waals surface area (Å²) >= 11 is 0. The molecule has 2 aromatic carbocycles. The Balaban J connectivity index is 2.37. The molecule has 122 valence electrons. The molecule has 0 aliphatic heterocycles. The van der Waals surface area contributed by atoms with Crippen LogP contribution in [0.1, 0.15) is 33.8 Å². The van der Waals surface area contributed by atoms with Crippen LogP contribution in [0, 0.1) is 50.4 Å². The highest BCUT2D eigenvalue weighted by Gasteiger charge is 2.22. The van der Waals surface area contributed by atoms with Gasteiger partial charge in [0.2, 0.25) is 0 Å². The normalized spacial score (nSPS) is 10.3. The third kappa shape index (κ3) is 2.61. The van der Waals surface area contributed by atoms with Crippen LogP contribution in [0.15, 0.2) is 40.8 Å². The fourth-order valence-corrected chi connectivity index (χ4v) is 3.39. The van der Waals surface area contributed by atoms with Gasteiger partial charge in [0, 0.05) is 11.1 Å². The van der Waals surface area contributed by atoms with Crippen LogP contribution >= 0.6 is 0 Å². The van der Waals surface area contributed by atoms with Crippen LogP contribution in [0.4, 0.5) is 0 Å². The second-order valence-electron chi connectivity index (χ2n) is 6.14. The van der Waals surface area contributed by atoms with Crippen molar-refractivity contribution < 1.29 is 4.42 Å². The van der Waals surface area contributed by atoms with Crippen molar-refractivity contribution in [2.24, 2.45) is 0 Å². The van der Waals surface area contributed by atoms with Crippen LogP contribution in [0.5, 0.6) is 0 Å². The summed E-state index contributed by atoms with van der Waals surface area (Å²) in [6, 6.07) is 16.0. The van der Waals surface area contributed by atoms with Crippen LogP contribution in [0.2, 0.25) is 0 Å². The van der Waals surface area contributed by atoms with E-state index in [1.807, 2.05) is 64.1 Å². The Morgan fingerprint density at radius 1 is 0.680 bits per heavy atom. The van der Waals surface area contributed by atoms with Gasteiger partial charge in [-0.1, -0.05) is 24.3 Å². The lowest BCUT2D eigenvalue weighted by atomic mass is 9.88. The number of hydrogen-bond donors (Lipinski definition) is 0. The summed E-state index contributed by atoms with van der Waals surface area (Å²) in [5.41, 5.74) is 7.15. The molecule has 0 fully saturated rings. The minimum absolute atomic E-state index is 0.657. The van der Waals surface area contributed by atoms with E-state index in [1.54, 1.807) is 0 Å². The summed E-state index contributed by atoms with van der Waals surface area (Å²) in [5.74, 6) is 1.62. The van der Waals surface area contributed by atoms with E-state index < -0.39 is 0 Å². The number of hydrogen-bond acceptors (Lipinski definition) is 3. The summed E-state index contributed by atoms with van der Waals surface area (Å²) in [6.07, 6.45) is 0. The van der Waals surface area contributed by atoms with Crippen molar-refractivity contribution in [2.75, 3.05) is 0 Å². The second kappa shape index (κ2) is 6.30. The van der Waals surface area contributed by atoms with Gasteiger partial charge in [-0.3, -0.25) is 0 Å². The highest BCUT2D eigenvalue weighted by molar-refractivity contribution is 5.89. The lowest BCUT2D eigenvalue weighted by Crippen LogP contribution is -1.93. The van der Waals surface area contributed by atoms with Gasteiger partial charge in [-0.25, -0.2) is 0 Å². The Hall–Kier alpha value is -3.30. The maximum atomic E-state index is 9.35. The maximum Gasteiger partial charge on any atom is 0.109 e. The molecule has 0 unspecified atom stereocenters. The zero-order valence-electron chi connectivity index (χ0n) is 14.8. The number of nitrogens with zero attached hydrogens (tertiary/aromatic N) is 2. The maximum absolute atomic E-state index is 9.35. The quantitative estimate of drug-likeness (QED) is 0.616. The molecule has 0 aliphatic rings. The molecule has 0 saturated heterocycles. The van der Waals surface area contributed by atoms with Crippen molar-refractivity contribution in [1.29, 1.82) is 10.5 Å². The number of benzene rings is 2. The molecular formula is C22H18N2O. The number of aryl methyl sites for hydroxylation is 2. The van der Waals surface area contributed by atoms with Gasteiger partial charge in [0.1, 0.15) is 11.5 Å². The minimum atomic E-state index is 0.657. The minimum Gasteiger partial charge on any atom is -0.465 e. The monoisotopic (exact) mass is 326 g/mol. The van der Waals surface area contributed by atoms with E-state index in [1.165, 1.54) is 0 Å². The first kappa shape index (κ1) is 16.6. The third-order valence-corrected chi connectivity index (χ3v) is 4.71. The SMILES string of the molecule is Cc1oc(C)c(-c2cccc(C#N)c2C)c1-c1cccc(C#N)c1C. The molecule has 3 heteroatoms. The van der Waals surface area contributed by atoms with Gasteiger partial charge in [0.25, 0.3) is 0 Å². The molecule has 0 bridgehead atoms. The van der Waals surface area contributed by atoms with Crippen molar-refractivity contribution in [3.8, 4) is 34.4 Å². The van der Waals surface area contributed by atoms with E-state index in [4.69, 9.17) is 4.42 Å². The molecule has 0 saturated carbocycles. The average Bonchev–Trinajstić information content (AvgIpc) is 2.89. The molecule has 0 radical (unpaired) electrons. The molecule has 0 amide bonds. The van der Waals surface area contributed by atoms with Gasteiger partial charge in [0.15, 0.2) is 0 Å². The van der Waals surface area contributed by atoms with Crippen LogP contribution in [-0.2, 0) is 0 Å². The van der Waals surface area contributed by atoms with Crippen molar-refractivity contribution in [2.45, 2.75) is 27.7 Å².